The molecule has 2 amide bonds. The van der Waals surface area contributed by atoms with Gasteiger partial charge in [-0.1, -0.05) is 6.07 Å². The van der Waals surface area contributed by atoms with Gasteiger partial charge in [-0.3, -0.25) is 10.2 Å². The van der Waals surface area contributed by atoms with Gasteiger partial charge in [0.15, 0.2) is 22.4 Å². The Labute approximate surface area is 168 Å². The van der Waals surface area contributed by atoms with E-state index < -0.39 is 23.7 Å². The van der Waals surface area contributed by atoms with Gasteiger partial charge in [0, 0.05) is 31.1 Å². The van der Waals surface area contributed by atoms with Gasteiger partial charge >= 0.3 is 12.2 Å². The highest BCUT2D eigenvalue weighted by molar-refractivity contribution is 7.13. The van der Waals surface area contributed by atoms with Crippen molar-refractivity contribution in [3.05, 3.63) is 40.7 Å². The lowest BCUT2D eigenvalue weighted by Crippen LogP contribution is -2.45. The van der Waals surface area contributed by atoms with Gasteiger partial charge in [0.05, 0.1) is 7.11 Å². The Morgan fingerprint density at radius 1 is 1.34 bits per heavy atom. The van der Waals surface area contributed by atoms with Crippen molar-refractivity contribution in [3.8, 4) is 5.75 Å². The predicted octanol–water partition coefficient (Wildman–Crippen LogP) is 4.10. The summed E-state index contributed by atoms with van der Waals surface area (Å²) in [4.78, 5) is 17.5. The average molecular weight is 432 g/mol. The van der Waals surface area contributed by atoms with Crippen LogP contribution in [0.2, 0.25) is 0 Å². The predicted molar refractivity (Wildman–Crippen MR) is 101 cm³/mol. The molecule has 2 N–H and O–H groups in total. The van der Waals surface area contributed by atoms with Crippen molar-refractivity contribution in [2.45, 2.75) is 31.6 Å². The van der Waals surface area contributed by atoms with Crippen molar-refractivity contribution in [1.82, 2.24) is 15.2 Å². The number of alkyl halides is 3. The number of ether oxygens (including phenoxy) is 1. The molecule has 29 heavy (non-hydrogen) atoms. The number of methoxy groups -OCH3 is 1. The molecule has 0 saturated carbocycles. The average Bonchev–Trinajstić information content (AvgIpc) is 3.12. The minimum Gasteiger partial charge on any atom is -0.494 e. The fraction of sp³-hybridized carbons (Fsp3) is 0.444. The summed E-state index contributed by atoms with van der Waals surface area (Å²) in [6.45, 7) is 1.99. The van der Waals surface area contributed by atoms with Crippen LogP contribution in [0.5, 0.6) is 5.75 Å². The van der Waals surface area contributed by atoms with E-state index in [2.05, 4.69) is 20.5 Å². The molecule has 158 valence electrons. The number of anilines is 1. The molecule has 3 rings (SSSR count). The minimum atomic E-state index is -4.54. The van der Waals surface area contributed by atoms with Gasteiger partial charge in [-0.15, -0.1) is 11.3 Å². The van der Waals surface area contributed by atoms with Crippen LogP contribution < -0.4 is 15.4 Å². The lowest BCUT2D eigenvalue weighted by molar-refractivity contribution is -0.140. The van der Waals surface area contributed by atoms with Gasteiger partial charge in [0.25, 0.3) is 0 Å². The second kappa shape index (κ2) is 8.95. The number of piperidine rings is 1. The van der Waals surface area contributed by atoms with Crippen LogP contribution in [0.3, 0.4) is 0 Å². The zero-order valence-electron chi connectivity index (χ0n) is 15.6. The molecule has 1 aromatic carbocycles. The van der Waals surface area contributed by atoms with Crippen molar-refractivity contribution < 1.29 is 27.1 Å². The zero-order valence-corrected chi connectivity index (χ0v) is 16.4. The molecule has 1 aromatic heterocycles. The molecule has 0 spiro atoms. The van der Waals surface area contributed by atoms with E-state index in [4.69, 9.17) is 4.74 Å². The third-order valence-corrected chi connectivity index (χ3v) is 5.32. The minimum absolute atomic E-state index is 0.0964. The molecule has 1 saturated heterocycles. The van der Waals surface area contributed by atoms with E-state index >= 15 is 0 Å². The van der Waals surface area contributed by atoms with E-state index in [0.717, 1.165) is 22.3 Å². The number of hydrogen-bond donors (Lipinski definition) is 2. The SMILES string of the molecule is COc1ccc(CN2CCC(NC(=O)Nc3nc(C(F)(F)F)cs3)CC2)cc1F. The Kier molecular flexibility index (Phi) is 6.58. The molecular weight excluding hydrogens is 412 g/mol. The zero-order chi connectivity index (χ0) is 21.0. The Balaban J connectivity index is 1.44. The summed E-state index contributed by atoms with van der Waals surface area (Å²) >= 11 is 0.721. The molecule has 11 heteroatoms. The summed E-state index contributed by atoms with van der Waals surface area (Å²) in [7, 11) is 1.41. The Hall–Kier alpha value is -2.40. The monoisotopic (exact) mass is 432 g/mol. The molecule has 0 bridgehead atoms. The number of carbonyl (C=O) groups excluding carboxylic acids is 1. The number of aromatic nitrogens is 1. The molecule has 1 fully saturated rings. The lowest BCUT2D eigenvalue weighted by Gasteiger charge is -2.32. The maximum Gasteiger partial charge on any atom is 0.434 e. The molecule has 1 aliphatic heterocycles. The quantitative estimate of drug-likeness (QED) is 0.699. The van der Waals surface area contributed by atoms with Crippen molar-refractivity contribution in [2.24, 2.45) is 0 Å². The molecule has 1 aliphatic rings. The number of rotatable bonds is 5. The van der Waals surface area contributed by atoms with Crippen molar-refractivity contribution >= 4 is 22.5 Å². The number of carbonyl (C=O) groups is 1. The van der Waals surface area contributed by atoms with E-state index in [1.54, 1.807) is 6.07 Å². The topological polar surface area (TPSA) is 66.5 Å². The molecule has 6 nitrogen and oxygen atoms in total. The van der Waals surface area contributed by atoms with Crippen LogP contribution in [0.15, 0.2) is 23.6 Å². The van der Waals surface area contributed by atoms with E-state index in [1.165, 1.54) is 13.2 Å². The van der Waals surface area contributed by atoms with Crippen LogP contribution in [-0.4, -0.2) is 42.2 Å². The number of nitrogens with one attached hydrogen (secondary N) is 2. The van der Waals surface area contributed by atoms with Crippen LogP contribution in [0.25, 0.3) is 0 Å². The van der Waals surface area contributed by atoms with Crippen molar-refractivity contribution in [2.75, 3.05) is 25.5 Å². The fourth-order valence-electron chi connectivity index (χ4n) is 3.08. The van der Waals surface area contributed by atoms with Gasteiger partial charge in [0.2, 0.25) is 0 Å². The van der Waals surface area contributed by atoms with Gasteiger partial charge in [-0.05, 0) is 30.5 Å². The van der Waals surface area contributed by atoms with E-state index in [1.807, 2.05) is 6.07 Å². The van der Waals surface area contributed by atoms with Gasteiger partial charge in [-0.2, -0.15) is 13.2 Å². The normalized spacial score (nSPS) is 15.9. The van der Waals surface area contributed by atoms with Crippen molar-refractivity contribution in [1.29, 1.82) is 0 Å². The highest BCUT2D eigenvalue weighted by atomic mass is 32.1. The second-order valence-electron chi connectivity index (χ2n) is 6.65. The van der Waals surface area contributed by atoms with E-state index in [9.17, 15) is 22.4 Å². The summed E-state index contributed by atoms with van der Waals surface area (Å²) < 4.78 is 56.3. The third-order valence-electron chi connectivity index (χ3n) is 4.56. The number of hydrogen-bond acceptors (Lipinski definition) is 5. The first-order valence-corrected chi connectivity index (χ1v) is 9.77. The largest absolute Gasteiger partial charge is 0.494 e. The summed E-state index contributed by atoms with van der Waals surface area (Å²) in [6, 6.07) is 4.17. The Morgan fingerprint density at radius 3 is 2.66 bits per heavy atom. The number of likely N-dealkylation sites (tertiary alicyclic amines) is 1. The van der Waals surface area contributed by atoms with Crippen LogP contribution >= 0.6 is 11.3 Å². The number of halogens is 4. The number of nitrogens with zero attached hydrogens (tertiary/aromatic N) is 2. The smallest absolute Gasteiger partial charge is 0.434 e. The number of amides is 2. The number of thiazole rings is 1. The summed E-state index contributed by atoms with van der Waals surface area (Å²) in [5.74, 6) is -0.209. The number of urea groups is 1. The van der Waals surface area contributed by atoms with Gasteiger partial charge < -0.3 is 10.1 Å². The molecule has 0 aliphatic carbocycles. The standard InChI is InChI=1S/C18H20F4N4O2S/c1-28-14-3-2-11(8-13(14)19)9-26-6-4-12(5-7-26)23-16(27)25-17-24-15(10-29-17)18(20,21)22/h2-3,8,10,12H,4-7,9H2,1H3,(H2,23,24,25,27). The van der Waals surface area contributed by atoms with Gasteiger partial charge in [0.1, 0.15) is 0 Å². The second-order valence-corrected chi connectivity index (χ2v) is 7.51. The van der Waals surface area contributed by atoms with Crippen LogP contribution in [0.4, 0.5) is 27.5 Å². The van der Waals surface area contributed by atoms with Crippen molar-refractivity contribution in [3.63, 3.8) is 0 Å². The molecule has 2 heterocycles. The van der Waals surface area contributed by atoms with Crippen LogP contribution in [-0.2, 0) is 12.7 Å². The van der Waals surface area contributed by atoms with Crippen LogP contribution in [0, 0.1) is 5.82 Å². The first kappa shape index (κ1) is 21.3. The lowest BCUT2D eigenvalue weighted by atomic mass is 10.0. The maximum atomic E-state index is 13.8. The molecule has 2 aromatic rings. The van der Waals surface area contributed by atoms with E-state index in [0.29, 0.717) is 32.5 Å². The summed E-state index contributed by atoms with van der Waals surface area (Å²) in [6.07, 6.45) is -3.18. The fourth-order valence-corrected chi connectivity index (χ4v) is 3.79. The first-order valence-electron chi connectivity index (χ1n) is 8.89. The first-order chi connectivity index (χ1) is 13.7. The summed E-state index contributed by atoms with van der Waals surface area (Å²) in [5.41, 5.74) is -0.197. The highest BCUT2D eigenvalue weighted by Crippen LogP contribution is 2.31. The highest BCUT2D eigenvalue weighted by Gasteiger charge is 2.34. The summed E-state index contributed by atoms with van der Waals surface area (Å²) in [5, 5.41) is 5.85. The third kappa shape index (κ3) is 5.80. The van der Waals surface area contributed by atoms with Crippen LogP contribution in [0.1, 0.15) is 24.1 Å². The maximum absolute atomic E-state index is 13.8. The number of benzene rings is 1. The molecule has 0 unspecified atom stereocenters. The van der Waals surface area contributed by atoms with Gasteiger partial charge in [-0.25, -0.2) is 14.2 Å². The Bertz CT molecular complexity index is 851. The van der Waals surface area contributed by atoms with E-state index in [-0.39, 0.29) is 16.9 Å². The molecular formula is C18H20F4N4O2S. The molecule has 0 radical (unpaired) electrons. The Morgan fingerprint density at radius 2 is 2.07 bits per heavy atom. The molecule has 0 atom stereocenters.